The topological polar surface area (TPSA) is 65.8 Å². The Morgan fingerprint density at radius 1 is 1.43 bits per heavy atom. The van der Waals surface area contributed by atoms with Gasteiger partial charge in [-0.2, -0.15) is 18.4 Å². The van der Waals surface area contributed by atoms with Gasteiger partial charge >= 0.3 is 6.18 Å². The van der Waals surface area contributed by atoms with Crippen molar-refractivity contribution in [3.05, 3.63) is 34.7 Å². The monoisotopic (exact) mass is 311 g/mol. The van der Waals surface area contributed by atoms with E-state index < -0.39 is 17.1 Å². The van der Waals surface area contributed by atoms with Gasteiger partial charge in [0.05, 0.1) is 11.8 Å². The number of carbonyl (C=O) groups is 1. The number of benzene rings is 1. The van der Waals surface area contributed by atoms with Crippen LogP contribution in [-0.4, -0.2) is 10.9 Å². The van der Waals surface area contributed by atoms with E-state index in [1.54, 1.807) is 24.3 Å². The van der Waals surface area contributed by atoms with Gasteiger partial charge in [0.1, 0.15) is 6.42 Å². The highest BCUT2D eigenvalue weighted by atomic mass is 32.1. The minimum Gasteiger partial charge on any atom is -0.325 e. The lowest BCUT2D eigenvalue weighted by molar-refractivity contribution is -0.137. The number of hydrogen-bond donors (Lipinski definition) is 1. The standard InChI is InChI=1S/C13H8F3N3OS/c14-13(15,16)12-19-10(7-21-12)8-2-1-3-9(6-8)18-11(20)4-5-17/h1-3,6-7H,4H2,(H,18,20). The molecule has 1 aromatic carbocycles. The number of halogens is 3. The molecule has 1 N–H and O–H groups in total. The van der Waals surface area contributed by atoms with Gasteiger partial charge in [0.25, 0.3) is 0 Å². The molecule has 0 atom stereocenters. The third-order valence-corrected chi connectivity index (χ3v) is 3.32. The molecule has 4 nitrogen and oxygen atoms in total. The molecule has 21 heavy (non-hydrogen) atoms. The molecular formula is C13H8F3N3OS. The summed E-state index contributed by atoms with van der Waals surface area (Å²) in [6.45, 7) is 0. The molecule has 0 unspecified atom stereocenters. The second-order valence-corrected chi connectivity index (χ2v) is 4.86. The van der Waals surface area contributed by atoms with Crippen molar-refractivity contribution in [3.63, 3.8) is 0 Å². The minimum atomic E-state index is -4.47. The number of nitriles is 1. The number of rotatable bonds is 3. The number of aromatic nitrogens is 1. The predicted molar refractivity (Wildman–Crippen MR) is 71.4 cm³/mol. The largest absolute Gasteiger partial charge is 0.443 e. The maximum absolute atomic E-state index is 12.5. The maximum atomic E-state index is 12.5. The number of nitrogens with one attached hydrogen (secondary N) is 1. The van der Waals surface area contributed by atoms with Crippen molar-refractivity contribution in [2.45, 2.75) is 12.6 Å². The van der Waals surface area contributed by atoms with Gasteiger partial charge in [-0.1, -0.05) is 12.1 Å². The van der Waals surface area contributed by atoms with Gasteiger partial charge in [-0.05, 0) is 12.1 Å². The summed E-state index contributed by atoms with van der Waals surface area (Å²) in [6.07, 6.45) is -4.76. The Labute approximate surface area is 121 Å². The predicted octanol–water partition coefficient (Wildman–Crippen LogP) is 3.68. The molecule has 0 saturated heterocycles. The quantitative estimate of drug-likeness (QED) is 0.940. The smallest absolute Gasteiger partial charge is 0.325 e. The van der Waals surface area contributed by atoms with Gasteiger partial charge in [0.2, 0.25) is 5.91 Å². The summed E-state index contributed by atoms with van der Waals surface area (Å²) in [6, 6.07) is 7.97. The first-order valence-corrected chi connectivity index (χ1v) is 6.58. The number of thiazole rings is 1. The third kappa shape index (κ3) is 3.79. The Balaban J connectivity index is 2.23. The van der Waals surface area contributed by atoms with E-state index in [2.05, 4.69) is 10.3 Å². The van der Waals surface area contributed by atoms with Gasteiger partial charge in [-0.15, -0.1) is 11.3 Å². The second-order valence-electron chi connectivity index (χ2n) is 4.00. The Kier molecular flexibility index (Phi) is 4.23. The highest BCUT2D eigenvalue weighted by Crippen LogP contribution is 2.34. The van der Waals surface area contributed by atoms with E-state index in [1.807, 2.05) is 0 Å². The molecule has 1 aromatic heterocycles. The molecule has 2 aromatic rings. The summed E-state index contributed by atoms with van der Waals surface area (Å²) in [5, 5.41) is 11.3. The van der Waals surface area contributed by atoms with Gasteiger partial charge in [-0.3, -0.25) is 4.79 Å². The van der Waals surface area contributed by atoms with E-state index in [0.29, 0.717) is 22.6 Å². The van der Waals surface area contributed by atoms with Crippen molar-refractivity contribution in [2.24, 2.45) is 0 Å². The number of alkyl halides is 3. The fourth-order valence-electron chi connectivity index (χ4n) is 1.57. The summed E-state index contributed by atoms with van der Waals surface area (Å²) in [4.78, 5) is 14.8. The molecule has 1 amide bonds. The highest BCUT2D eigenvalue weighted by molar-refractivity contribution is 7.10. The van der Waals surface area contributed by atoms with E-state index in [0.717, 1.165) is 0 Å². The zero-order valence-corrected chi connectivity index (χ0v) is 11.3. The molecule has 0 aliphatic carbocycles. The first kappa shape index (κ1) is 15.0. The van der Waals surface area contributed by atoms with Crippen LogP contribution in [0.5, 0.6) is 0 Å². The maximum Gasteiger partial charge on any atom is 0.443 e. The van der Waals surface area contributed by atoms with Crippen LogP contribution in [0.1, 0.15) is 11.4 Å². The molecule has 0 aliphatic rings. The van der Waals surface area contributed by atoms with E-state index >= 15 is 0 Å². The van der Waals surface area contributed by atoms with Gasteiger partial charge in [-0.25, -0.2) is 4.98 Å². The molecule has 0 spiro atoms. The van der Waals surface area contributed by atoms with Crippen LogP contribution in [0.3, 0.4) is 0 Å². The Hall–Kier alpha value is -2.40. The number of carbonyl (C=O) groups excluding carboxylic acids is 1. The van der Waals surface area contributed by atoms with E-state index in [1.165, 1.54) is 11.4 Å². The summed E-state index contributed by atoms with van der Waals surface area (Å²) in [5.41, 5.74) is 1.04. The molecule has 0 radical (unpaired) electrons. The zero-order chi connectivity index (χ0) is 15.5. The van der Waals surface area contributed by atoms with Gasteiger partial charge < -0.3 is 5.32 Å². The highest BCUT2D eigenvalue weighted by Gasteiger charge is 2.34. The van der Waals surface area contributed by atoms with E-state index in [9.17, 15) is 18.0 Å². The van der Waals surface area contributed by atoms with E-state index in [-0.39, 0.29) is 12.1 Å². The zero-order valence-electron chi connectivity index (χ0n) is 10.4. The average molecular weight is 311 g/mol. The van der Waals surface area contributed by atoms with Crippen molar-refractivity contribution in [1.29, 1.82) is 5.26 Å². The third-order valence-electron chi connectivity index (χ3n) is 2.43. The van der Waals surface area contributed by atoms with Crippen LogP contribution in [0, 0.1) is 11.3 Å². The van der Waals surface area contributed by atoms with Crippen molar-refractivity contribution < 1.29 is 18.0 Å². The Morgan fingerprint density at radius 2 is 2.19 bits per heavy atom. The molecule has 108 valence electrons. The van der Waals surface area contributed by atoms with Gasteiger partial charge in [0, 0.05) is 16.6 Å². The summed E-state index contributed by atoms with van der Waals surface area (Å²) in [5.74, 6) is -0.482. The molecule has 8 heteroatoms. The van der Waals surface area contributed by atoms with Crippen molar-refractivity contribution in [3.8, 4) is 17.3 Å². The lowest BCUT2D eigenvalue weighted by atomic mass is 10.1. The number of amides is 1. The summed E-state index contributed by atoms with van der Waals surface area (Å²) in [7, 11) is 0. The summed E-state index contributed by atoms with van der Waals surface area (Å²) < 4.78 is 37.5. The molecular weight excluding hydrogens is 303 g/mol. The Bertz CT molecular complexity index is 703. The molecule has 0 bridgehead atoms. The van der Waals surface area contributed by atoms with Crippen LogP contribution >= 0.6 is 11.3 Å². The van der Waals surface area contributed by atoms with Crippen LogP contribution in [0.2, 0.25) is 0 Å². The normalized spacial score (nSPS) is 11.0. The second kappa shape index (κ2) is 5.93. The van der Waals surface area contributed by atoms with Crippen LogP contribution in [0.25, 0.3) is 11.3 Å². The Morgan fingerprint density at radius 3 is 2.81 bits per heavy atom. The molecule has 0 aliphatic heterocycles. The van der Waals surface area contributed by atoms with Crippen molar-refractivity contribution >= 4 is 22.9 Å². The molecule has 0 fully saturated rings. The number of hydrogen-bond acceptors (Lipinski definition) is 4. The lowest BCUT2D eigenvalue weighted by Gasteiger charge is -2.04. The lowest BCUT2D eigenvalue weighted by Crippen LogP contribution is -2.09. The first-order valence-electron chi connectivity index (χ1n) is 5.70. The van der Waals surface area contributed by atoms with Crippen LogP contribution in [0.4, 0.5) is 18.9 Å². The van der Waals surface area contributed by atoms with E-state index in [4.69, 9.17) is 5.26 Å². The van der Waals surface area contributed by atoms with Gasteiger partial charge in [0.15, 0.2) is 5.01 Å². The SMILES string of the molecule is N#CCC(=O)Nc1cccc(-c2csc(C(F)(F)F)n2)c1. The fourth-order valence-corrected chi connectivity index (χ4v) is 2.27. The average Bonchev–Trinajstić information content (AvgIpc) is 2.88. The fraction of sp³-hybridized carbons (Fsp3) is 0.154. The molecule has 1 heterocycles. The molecule has 0 saturated carbocycles. The van der Waals surface area contributed by atoms with Crippen LogP contribution < -0.4 is 5.32 Å². The number of nitrogens with zero attached hydrogens (tertiary/aromatic N) is 2. The number of anilines is 1. The summed E-state index contributed by atoms with van der Waals surface area (Å²) >= 11 is 0.513. The van der Waals surface area contributed by atoms with Crippen molar-refractivity contribution in [2.75, 3.05) is 5.32 Å². The van der Waals surface area contributed by atoms with Crippen LogP contribution in [-0.2, 0) is 11.0 Å². The molecule has 2 rings (SSSR count). The minimum absolute atomic E-state index is 0.184. The van der Waals surface area contributed by atoms with Crippen LogP contribution in [0.15, 0.2) is 29.6 Å². The van der Waals surface area contributed by atoms with Crippen molar-refractivity contribution in [1.82, 2.24) is 4.98 Å². The first-order chi connectivity index (χ1) is 9.90.